The van der Waals surface area contributed by atoms with Gasteiger partial charge in [-0.3, -0.25) is 5.43 Å². The average Bonchev–Trinajstić information content (AvgIpc) is 2.53. The molecule has 0 aliphatic rings. The minimum Gasteiger partial charge on any atom is -0.495 e. The van der Waals surface area contributed by atoms with Crippen molar-refractivity contribution in [1.29, 1.82) is 0 Å². The van der Waals surface area contributed by atoms with Crippen LogP contribution in [0.5, 0.6) is 5.75 Å². The van der Waals surface area contributed by atoms with Gasteiger partial charge in [-0.2, -0.15) is 5.10 Å². The standard InChI is InChI=1S/C19H24N2O3S/c1-19(2,3)18(25(5,22)23)21-20-16-13-15(11-12-17(16)24-4)14-9-7-6-8-10-14/h6-13,20H,1-5H3. The first kappa shape index (κ1) is 19.0. The van der Waals surface area contributed by atoms with Crippen molar-refractivity contribution in [2.24, 2.45) is 10.5 Å². The van der Waals surface area contributed by atoms with Gasteiger partial charge in [-0.1, -0.05) is 57.2 Å². The molecule has 25 heavy (non-hydrogen) atoms. The van der Waals surface area contributed by atoms with E-state index in [2.05, 4.69) is 10.5 Å². The van der Waals surface area contributed by atoms with Crippen molar-refractivity contribution in [3.05, 3.63) is 48.5 Å². The first-order chi connectivity index (χ1) is 11.6. The second-order valence-corrected chi connectivity index (χ2v) is 8.76. The van der Waals surface area contributed by atoms with Crippen LogP contribution in [0.2, 0.25) is 0 Å². The monoisotopic (exact) mass is 360 g/mol. The van der Waals surface area contributed by atoms with E-state index in [-0.39, 0.29) is 5.04 Å². The van der Waals surface area contributed by atoms with Gasteiger partial charge in [0.05, 0.1) is 12.8 Å². The van der Waals surface area contributed by atoms with Crippen LogP contribution in [0.15, 0.2) is 53.6 Å². The van der Waals surface area contributed by atoms with Crippen LogP contribution in [0.1, 0.15) is 20.8 Å². The van der Waals surface area contributed by atoms with Crippen molar-refractivity contribution < 1.29 is 13.2 Å². The molecular formula is C19H24N2O3S. The van der Waals surface area contributed by atoms with Gasteiger partial charge < -0.3 is 4.74 Å². The van der Waals surface area contributed by atoms with Gasteiger partial charge in [0.2, 0.25) is 0 Å². The van der Waals surface area contributed by atoms with Gasteiger partial charge in [0, 0.05) is 11.7 Å². The number of hydrogen-bond acceptors (Lipinski definition) is 5. The number of methoxy groups -OCH3 is 1. The SMILES string of the molecule is COc1ccc(-c2ccccc2)cc1NN=C(C(C)(C)C)S(C)(=O)=O. The Morgan fingerprint density at radius 1 is 1.04 bits per heavy atom. The van der Waals surface area contributed by atoms with E-state index in [4.69, 9.17) is 4.74 Å². The highest BCUT2D eigenvalue weighted by Gasteiger charge is 2.28. The quantitative estimate of drug-likeness (QED) is 0.505. The summed E-state index contributed by atoms with van der Waals surface area (Å²) in [4.78, 5) is 0. The molecular weight excluding hydrogens is 336 g/mol. The van der Waals surface area contributed by atoms with Crippen LogP contribution < -0.4 is 10.2 Å². The van der Waals surface area contributed by atoms with Crippen LogP contribution in [-0.2, 0) is 9.84 Å². The lowest BCUT2D eigenvalue weighted by molar-refractivity contribution is 0.416. The summed E-state index contributed by atoms with van der Waals surface area (Å²) in [5.74, 6) is 0.588. The van der Waals surface area contributed by atoms with E-state index in [1.54, 1.807) is 7.11 Å². The smallest absolute Gasteiger partial charge is 0.191 e. The molecule has 0 saturated carbocycles. The number of anilines is 1. The molecule has 2 aromatic rings. The van der Waals surface area contributed by atoms with E-state index in [0.29, 0.717) is 11.4 Å². The van der Waals surface area contributed by atoms with Crippen LogP contribution in [0.25, 0.3) is 11.1 Å². The summed E-state index contributed by atoms with van der Waals surface area (Å²) in [5.41, 5.74) is 4.91. The van der Waals surface area contributed by atoms with Gasteiger partial charge in [-0.25, -0.2) is 8.42 Å². The molecule has 2 aromatic carbocycles. The molecule has 0 amide bonds. The fraction of sp³-hybridized carbons (Fsp3) is 0.316. The number of sulfone groups is 1. The van der Waals surface area contributed by atoms with E-state index in [1.807, 2.05) is 69.3 Å². The first-order valence-electron chi connectivity index (χ1n) is 7.90. The molecule has 0 aliphatic heterocycles. The summed E-state index contributed by atoms with van der Waals surface area (Å²) in [6.07, 6.45) is 1.16. The number of rotatable bonds is 4. The normalized spacial score (nSPS) is 12.8. The van der Waals surface area contributed by atoms with E-state index in [0.717, 1.165) is 17.4 Å². The Hall–Kier alpha value is -2.34. The Labute approximate surface area is 149 Å². The van der Waals surface area contributed by atoms with Gasteiger partial charge in [-0.05, 0) is 23.3 Å². The molecule has 0 fully saturated rings. The van der Waals surface area contributed by atoms with Crippen LogP contribution >= 0.6 is 0 Å². The third-order valence-electron chi connectivity index (χ3n) is 3.58. The second kappa shape index (κ2) is 7.27. The van der Waals surface area contributed by atoms with Crippen molar-refractivity contribution in [3.63, 3.8) is 0 Å². The van der Waals surface area contributed by atoms with E-state index in [1.165, 1.54) is 0 Å². The molecule has 0 atom stereocenters. The zero-order valence-electron chi connectivity index (χ0n) is 15.2. The summed E-state index contributed by atoms with van der Waals surface area (Å²) in [7, 11) is -1.86. The average molecular weight is 360 g/mol. The summed E-state index contributed by atoms with van der Waals surface area (Å²) in [5, 5.41) is 4.27. The van der Waals surface area contributed by atoms with Gasteiger partial charge >= 0.3 is 0 Å². The van der Waals surface area contributed by atoms with E-state index in [9.17, 15) is 8.42 Å². The van der Waals surface area contributed by atoms with Crippen LogP contribution in [0, 0.1) is 5.41 Å². The molecule has 2 rings (SSSR count). The molecule has 0 unspecified atom stereocenters. The van der Waals surface area contributed by atoms with E-state index >= 15 is 0 Å². The van der Waals surface area contributed by atoms with Gasteiger partial charge in [0.15, 0.2) is 14.9 Å². The molecule has 0 radical (unpaired) electrons. The minimum absolute atomic E-state index is 0.0900. The molecule has 0 aliphatic carbocycles. The second-order valence-electron chi connectivity index (χ2n) is 6.83. The first-order valence-corrected chi connectivity index (χ1v) is 9.80. The highest BCUT2D eigenvalue weighted by Crippen LogP contribution is 2.31. The lowest BCUT2D eigenvalue weighted by atomic mass is 9.99. The van der Waals surface area contributed by atoms with Crippen LogP contribution in [0.4, 0.5) is 5.69 Å². The predicted octanol–water partition coefficient (Wildman–Crippen LogP) is 4.18. The highest BCUT2D eigenvalue weighted by atomic mass is 32.2. The number of benzene rings is 2. The number of nitrogens with zero attached hydrogens (tertiary/aromatic N) is 1. The fourth-order valence-corrected chi connectivity index (χ4v) is 3.85. The Morgan fingerprint density at radius 2 is 1.68 bits per heavy atom. The topological polar surface area (TPSA) is 67.8 Å². The molecule has 5 nitrogen and oxygen atoms in total. The lowest BCUT2D eigenvalue weighted by Crippen LogP contribution is -2.29. The zero-order valence-corrected chi connectivity index (χ0v) is 16.0. The van der Waals surface area contributed by atoms with Gasteiger partial charge in [0.25, 0.3) is 0 Å². The van der Waals surface area contributed by atoms with Gasteiger partial charge in [-0.15, -0.1) is 0 Å². The molecule has 0 heterocycles. The van der Waals surface area contributed by atoms with Crippen LogP contribution in [0.3, 0.4) is 0 Å². The summed E-state index contributed by atoms with van der Waals surface area (Å²) in [6.45, 7) is 5.44. The molecule has 0 saturated heterocycles. The summed E-state index contributed by atoms with van der Waals surface area (Å²) >= 11 is 0. The third kappa shape index (κ3) is 4.82. The highest BCUT2D eigenvalue weighted by molar-refractivity contribution is 8.05. The summed E-state index contributed by atoms with van der Waals surface area (Å²) in [6, 6.07) is 15.6. The Kier molecular flexibility index (Phi) is 5.52. The molecule has 6 heteroatoms. The summed E-state index contributed by atoms with van der Waals surface area (Å²) < 4.78 is 29.4. The van der Waals surface area contributed by atoms with Crippen LogP contribution in [-0.4, -0.2) is 26.8 Å². The Morgan fingerprint density at radius 3 is 2.20 bits per heavy atom. The molecule has 0 spiro atoms. The molecule has 134 valence electrons. The molecule has 0 bridgehead atoms. The number of nitrogens with one attached hydrogen (secondary N) is 1. The van der Waals surface area contributed by atoms with Crippen molar-refractivity contribution in [1.82, 2.24) is 0 Å². The Balaban J connectivity index is 2.46. The number of hydrogen-bond donors (Lipinski definition) is 1. The minimum atomic E-state index is -3.43. The number of ether oxygens (including phenoxy) is 1. The largest absolute Gasteiger partial charge is 0.495 e. The van der Waals surface area contributed by atoms with E-state index < -0.39 is 15.3 Å². The molecule has 1 N–H and O–H groups in total. The van der Waals surface area contributed by atoms with Gasteiger partial charge in [0.1, 0.15) is 5.75 Å². The zero-order chi connectivity index (χ0) is 18.7. The van der Waals surface area contributed by atoms with Crippen molar-refractivity contribution in [3.8, 4) is 16.9 Å². The maximum Gasteiger partial charge on any atom is 0.191 e. The fourth-order valence-electron chi connectivity index (χ4n) is 2.52. The third-order valence-corrected chi connectivity index (χ3v) is 4.98. The number of hydrazone groups is 1. The van der Waals surface area contributed by atoms with Crippen molar-refractivity contribution in [2.45, 2.75) is 20.8 Å². The predicted molar refractivity (Wildman–Crippen MR) is 104 cm³/mol. The molecule has 0 aromatic heterocycles. The van der Waals surface area contributed by atoms with Crippen molar-refractivity contribution >= 4 is 20.6 Å². The maximum absolute atomic E-state index is 12.0. The Bertz CT molecular complexity index is 867. The lowest BCUT2D eigenvalue weighted by Gasteiger charge is -2.20. The van der Waals surface area contributed by atoms with Crippen molar-refractivity contribution in [2.75, 3.05) is 18.8 Å². The maximum atomic E-state index is 12.0.